The molecule has 1 aliphatic heterocycles. The first-order valence-corrected chi connectivity index (χ1v) is 6.50. The van der Waals surface area contributed by atoms with E-state index in [1.807, 2.05) is 0 Å². The second-order valence-corrected chi connectivity index (χ2v) is 5.01. The van der Waals surface area contributed by atoms with E-state index in [1.54, 1.807) is 6.92 Å². The molecule has 1 aliphatic rings. The molecule has 0 aromatic heterocycles. The number of piperidine rings is 1. The lowest BCUT2D eigenvalue weighted by molar-refractivity contribution is -0.144. The van der Waals surface area contributed by atoms with Crippen molar-refractivity contribution in [1.29, 1.82) is 0 Å². The first-order valence-electron chi connectivity index (χ1n) is 6.50. The molecule has 2 amide bonds. The van der Waals surface area contributed by atoms with E-state index in [9.17, 15) is 22.8 Å². The van der Waals surface area contributed by atoms with Crippen LogP contribution in [0.4, 0.5) is 18.0 Å². The number of rotatable bonds is 3. The van der Waals surface area contributed by atoms with Crippen molar-refractivity contribution in [3.05, 3.63) is 0 Å². The van der Waals surface area contributed by atoms with Gasteiger partial charge in [-0.25, -0.2) is 4.79 Å². The maximum Gasteiger partial charge on any atom is 0.406 e. The highest BCUT2D eigenvalue weighted by atomic mass is 19.4. The van der Waals surface area contributed by atoms with Crippen LogP contribution in [0, 0.1) is 5.92 Å². The van der Waals surface area contributed by atoms with E-state index in [4.69, 9.17) is 5.11 Å². The summed E-state index contributed by atoms with van der Waals surface area (Å²) >= 11 is 0. The van der Waals surface area contributed by atoms with Gasteiger partial charge in [0.1, 0.15) is 6.54 Å². The summed E-state index contributed by atoms with van der Waals surface area (Å²) < 4.78 is 37.2. The van der Waals surface area contributed by atoms with Gasteiger partial charge in [-0.05, 0) is 26.7 Å². The molecular formula is C12H19F3N2O3. The molecule has 1 rings (SSSR count). The molecule has 0 radical (unpaired) electrons. The molecule has 1 saturated heterocycles. The van der Waals surface area contributed by atoms with Crippen molar-refractivity contribution in [2.75, 3.05) is 19.6 Å². The fraction of sp³-hybridized carbons (Fsp3) is 0.833. The Morgan fingerprint density at radius 3 is 2.40 bits per heavy atom. The van der Waals surface area contributed by atoms with Gasteiger partial charge >= 0.3 is 18.2 Å². The van der Waals surface area contributed by atoms with Crippen LogP contribution in [0.25, 0.3) is 0 Å². The molecule has 0 aliphatic carbocycles. The van der Waals surface area contributed by atoms with Gasteiger partial charge in [-0.3, -0.25) is 4.79 Å². The lowest BCUT2D eigenvalue weighted by Gasteiger charge is -2.39. The number of carbonyl (C=O) groups is 2. The van der Waals surface area contributed by atoms with Crippen molar-refractivity contribution in [2.24, 2.45) is 5.92 Å². The molecule has 1 fully saturated rings. The normalized spacial score (nSPS) is 23.6. The monoisotopic (exact) mass is 296 g/mol. The second kappa shape index (κ2) is 6.32. The van der Waals surface area contributed by atoms with E-state index in [2.05, 4.69) is 0 Å². The molecule has 2 atom stereocenters. The molecule has 8 heteroatoms. The lowest BCUT2D eigenvalue weighted by atomic mass is 9.92. The number of amides is 2. The van der Waals surface area contributed by atoms with Crippen molar-refractivity contribution >= 4 is 12.0 Å². The quantitative estimate of drug-likeness (QED) is 0.868. The SMILES string of the molecule is CCN(CC(F)(F)F)C(=O)N1CCC(C(=O)O)CC1C. The number of carboxylic acids is 1. The first kappa shape index (κ1) is 16.6. The van der Waals surface area contributed by atoms with Crippen LogP contribution in [0.3, 0.4) is 0 Å². The van der Waals surface area contributed by atoms with Gasteiger partial charge in [0.05, 0.1) is 5.92 Å². The molecule has 2 unspecified atom stereocenters. The van der Waals surface area contributed by atoms with Gasteiger partial charge in [0.2, 0.25) is 0 Å². The third-order valence-electron chi connectivity index (χ3n) is 3.49. The molecular weight excluding hydrogens is 277 g/mol. The zero-order valence-corrected chi connectivity index (χ0v) is 11.5. The number of carboxylic acid groups (broad SMARTS) is 1. The van der Waals surface area contributed by atoms with Crippen molar-refractivity contribution in [3.63, 3.8) is 0 Å². The Hall–Kier alpha value is -1.47. The fourth-order valence-corrected chi connectivity index (χ4v) is 2.39. The van der Waals surface area contributed by atoms with Gasteiger partial charge in [-0.1, -0.05) is 0 Å². The third kappa shape index (κ3) is 4.28. The predicted molar refractivity (Wildman–Crippen MR) is 65.2 cm³/mol. The topological polar surface area (TPSA) is 60.9 Å². The summed E-state index contributed by atoms with van der Waals surface area (Å²) in [6.45, 7) is 2.00. The Morgan fingerprint density at radius 2 is 2.00 bits per heavy atom. The van der Waals surface area contributed by atoms with Crippen LogP contribution >= 0.6 is 0 Å². The summed E-state index contributed by atoms with van der Waals surface area (Å²) in [5.74, 6) is -1.46. The minimum Gasteiger partial charge on any atom is -0.481 e. The van der Waals surface area contributed by atoms with Crippen molar-refractivity contribution in [2.45, 2.75) is 38.9 Å². The molecule has 0 saturated carbocycles. The summed E-state index contributed by atoms with van der Waals surface area (Å²) in [7, 11) is 0. The van der Waals surface area contributed by atoms with Gasteiger partial charge in [0.25, 0.3) is 0 Å². The summed E-state index contributed by atoms with van der Waals surface area (Å²) in [4.78, 5) is 25.1. The molecule has 116 valence electrons. The van der Waals surface area contributed by atoms with Crippen LogP contribution in [0.5, 0.6) is 0 Å². The molecule has 1 heterocycles. The van der Waals surface area contributed by atoms with E-state index in [-0.39, 0.29) is 32.0 Å². The summed E-state index contributed by atoms with van der Waals surface area (Å²) in [6, 6.07) is -1.05. The Kier molecular flexibility index (Phi) is 5.24. The Morgan fingerprint density at radius 1 is 1.40 bits per heavy atom. The summed E-state index contributed by atoms with van der Waals surface area (Å²) in [5, 5.41) is 8.93. The fourth-order valence-electron chi connectivity index (χ4n) is 2.39. The summed E-state index contributed by atoms with van der Waals surface area (Å²) in [6.07, 6.45) is -3.89. The predicted octanol–water partition coefficient (Wildman–Crippen LogP) is 2.18. The van der Waals surface area contributed by atoms with E-state index >= 15 is 0 Å². The van der Waals surface area contributed by atoms with Crippen molar-refractivity contribution in [1.82, 2.24) is 9.80 Å². The van der Waals surface area contributed by atoms with Gasteiger partial charge in [0.15, 0.2) is 0 Å². The molecule has 0 aromatic carbocycles. The highest BCUT2D eigenvalue weighted by molar-refractivity contribution is 5.76. The largest absolute Gasteiger partial charge is 0.481 e. The average Bonchev–Trinajstić information content (AvgIpc) is 2.33. The van der Waals surface area contributed by atoms with E-state index in [0.717, 1.165) is 4.90 Å². The minimum atomic E-state index is -4.44. The van der Waals surface area contributed by atoms with Crippen LogP contribution in [0.1, 0.15) is 26.7 Å². The number of urea groups is 1. The van der Waals surface area contributed by atoms with Gasteiger partial charge in [-0.2, -0.15) is 13.2 Å². The van der Waals surface area contributed by atoms with E-state index in [0.29, 0.717) is 0 Å². The molecule has 0 spiro atoms. The minimum absolute atomic E-state index is 0.0378. The van der Waals surface area contributed by atoms with Gasteiger partial charge in [-0.15, -0.1) is 0 Å². The van der Waals surface area contributed by atoms with Crippen LogP contribution in [0.2, 0.25) is 0 Å². The number of carbonyl (C=O) groups excluding carboxylic acids is 1. The number of alkyl halides is 3. The Bertz CT molecular complexity index is 373. The maximum absolute atomic E-state index is 12.4. The number of likely N-dealkylation sites (tertiary alicyclic amines) is 1. The molecule has 1 N–H and O–H groups in total. The van der Waals surface area contributed by atoms with Crippen LogP contribution < -0.4 is 0 Å². The standard InChI is InChI=1S/C12H19F3N2O3/c1-3-16(7-12(13,14)15)11(20)17-5-4-9(10(18)19)6-8(17)2/h8-9H,3-7H2,1-2H3,(H,18,19). The Labute approximate surface area is 115 Å². The second-order valence-electron chi connectivity index (χ2n) is 5.01. The third-order valence-corrected chi connectivity index (χ3v) is 3.49. The zero-order valence-electron chi connectivity index (χ0n) is 11.5. The lowest BCUT2D eigenvalue weighted by Crippen LogP contribution is -2.53. The highest BCUT2D eigenvalue weighted by Gasteiger charge is 2.37. The van der Waals surface area contributed by atoms with Crippen LogP contribution in [-0.4, -0.2) is 58.8 Å². The number of aliphatic carboxylic acids is 1. The number of hydrogen-bond donors (Lipinski definition) is 1. The van der Waals surface area contributed by atoms with Crippen molar-refractivity contribution < 1.29 is 27.9 Å². The average molecular weight is 296 g/mol. The van der Waals surface area contributed by atoms with Gasteiger partial charge < -0.3 is 14.9 Å². The molecule has 0 bridgehead atoms. The van der Waals surface area contributed by atoms with Gasteiger partial charge in [0, 0.05) is 19.1 Å². The number of halogens is 3. The first-order chi connectivity index (χ1) is 9.15. The van der Waals surface area contributed by atoms with Crippen LogP contribution in [0.15, 0.2) is 0 Å². The van der Waals surface area contributed by atoms with Crippen LogP contribution in [-0.2, 0) is 4.79 Å². The summed E-state index contributed by atoms with van der Waals surface area (Å²) in [5.41, 5.74) is 0. The zero-order chi connectivity index (χ0) is 15.5. The molecule has 0 aromatic rings. The number of hydrogen-bond acceptors (Lipinski definition) is 2. The maximum atomic E-state index is 12.4. The van der Waals surface area contributed by atoms with E-state index < -0.39 is 30.6 Å². The molecule has 20 heavy (non-hydrogen) atoms. The highest BCUT2D eigenvalue weighted by Crippen LogP contribution is 2.25. The molecule has 5 nitrogen and oxygen atoms in total. The Balaban J connectivity index is 2.69. The van der Waals surface area contributed by atoms with E-state index in [1.165, 1.54) is 11.8 Å². The number of nitrogens with zero attached hydrogens (tertiary/aromatic N) is 2. The smallest absolute Gasteiger partial charge is 0.406 e. The van der Waals surface area contributed by atoms with Crippen molar-refractivity contribution in [3.8, 4) is 0 Å².